The molecule has 0 aromatic carbocycles. The second kappa shape index (κ2) is 7.39. The number of nitrogens with zero attached hydrogens (tertiary/aromatic N) is 3. The molecule has 0 aliphatic heterocycles. The van der Waals surface area contributed by atoms with Crippen LogP contribution >= 0.6 is 11.5 Å². The molecule has 0 aliphatic carbocycles. The number of sulfonamides is 1. The molecule has 1 heterocycles. The Morgan fingerprint density at radius 2 is 2.00 bits per heavy atom. The first-order valence-electron chi connectivity index (χ1n) is 6.83. The minimum Gasteiger partial charge on any atom is -0.382 e. The molecule has 1 unspecified atom stereocenters. The molecule has 0 bridgehead atoms. The van der Waals surface area contributed by atoms with E-state index in [1.807, 2.05) is 7.05 Å². The molecule has 122 valence electrons. The second-order valence-electron chi connectivity index (χ2n) is 5.18. The van der Waals surface area contributed by atoms with Gasteiger partial charge >= 0.3 is 0 Å². The van der Waals surface area contributed by atoms with E-state index in [1.165, 1.54) is 14.1 Å². The quantitative estimate of drug-likeness (QED) is 0.740. The van der Waals surface area contributed by atoms with E-state index in [1.54, 1.807) is 0 Å². The number of likely N-dealkylation sites (N-methyl/N-ethyl adjacent to an activating group) is 1. The SMILES string of the molecule is CCC(C)N(C)CCNc1snc(N)c1S(=O)(=O)N(C)C. The zero-order chi connectivity index (χ0) is 16.2. The molecular formula is C12H25N5O2S2. The van der Waals surface area contributed by atoms with E-state index < -0.39 is 10.0 Å². The Kier molecular flexibility index (Phi) is 6.39. The van der Waals surface area contributed by atoms with Crippen LogP contribution in [0.4, 0.5) is 10.8 Å². The van der Waals surface area contributed by atoms with Gasteiger partial charge in [-0.3, -0.25) is 0 Å². The van der Waals surface area contributed by atoms with Gasteiger partial charge in [0, 0.05) is 33.2 Å². The second-order valence-corrected chi connectivity index (χ2v) is 8.04. The van der Waals surface area contributed by atoms with Gasteiger partial charge in [-0.25, -0.2) is 12.7 Å². The zero-order valence-electron chi connectivity index (χ0n) is 13.3. The molecule has 1 aromatic rings. The van der Waals surface area contributed by atoms with Crippen molar-refractivity contribution in [2.45, 2.75) is 31.2 Å². The third-order valence-corrected chi connectivity index (χ3v) is 6.34. The molecular weight excluding hydrogens is 310 g/mol. The monoisotopic (exact) mass is 335 g/mol. The number of nitrogen functional groups attached to an aromatic ring is 1. The fourth-order valence-corrected chi connectivity index (χ4v) is 3.82. The molecule has 7 nitrogen and oxygen atoms in total. The number of anilines is 2. The Balaban J connectivity index is 2.79. The highest BCUT2D eigenvalue weighted by Crippen LogP contribution is 2.32. The molecule has 0 spiro atoms. The van der Waals surface area contributed by atoms with Crippen LogP contribution in [0.25, 0.3) is 0 Å². The highest BCUT2D eigenvalue weighted by Gasteiger charge is 2.27. The van der Waals surface area contributed by atoms with Crippen LogP contribution in [0.2, 0.25) is 0 Å². The first-order chi connectivity index (χ1) is 9.71. The fourth-order valence-electron chi connectivity index (χ4n) is 1.72. The number of nitrogens with two attached hydrogens (primary N) is 1. The molecule has 0 aliphatic rings. The number of hydrogen-bond acceptors (Lipinski definition) is 7. The molecule has 3 N–H and O–H groups in total. The summed E-state index contributed by atoms with van der Waals surface area (Å²) < 4.78 is 29.6. The fraction of sp³-hybridized carbons (Fsp3) is 0.750. The summed E-state index contributed by atoms with van der Waals surface area (Å²) in [6, 6.07) is 0.489. The molecule has 1 rings (SSSR count). The van der Waals surface area contributed by atoms with E-state index in [4.69, 9.17) is 5.73 Å². The van der Waals surface area contributed by atoms with Gasteiger partial charge in [-0.15, -0.1) is 0 Å². The van der Waals surface area contributed by atoms with Crippen molar-refractivity contribution in [3.05, 3.63) is 0 Å². The molecule has 0 fully saturated rings. The number of aromatic nitrogens is 1. The van der Waals surface area contributed by atoms with Crippen molar-refractivity contribution in [1.82, 2.24) is 13.6 Å². The van der Waals surface area contributed by atoms with Crippen LogP contribution in [-0.4, -0.2) is 62.3 Å². The smallest absolute Gasteiger partial charge is 0.249 e. The van der Waals surface area contributed by atoms with E-state index in [9.17, 15) is 8.42 Å². The normalized spacial score (nSPS) is 13.9. The van der Waals surface area contributed by atoms with Gasteiger partial charge in [0.15, 0.2) is 10.7 Å². The van der Waals surface area contributed by atoms with Gasteiger partial charge in [0.25, 0.3) is 0 Å². The Bertz CT molecular complexity index is 556. The summed E-state index contributed by atoms with van der Waals surface area (Å²) in [5, 5.41) is 3.63. The lowest BCUT2D eigenvalue weighted by Gasteiger charge is -2.23. The van der Waals surface area contributed by atoms with Gasteiger partial charge in [-0.2, -0.15) is 4.37 Å². The molecule has 1 aromatic heterocycles. The van der Waals surface area contributed by atoms with E-state index in [2.05, 4.69) is 28.4 Å². The summed E-state index contributed by atoms with van der Waals surface area (Å²) >= 11 is 1.08. The van der Waals surface area contributed by atoms with Gasteiger partial charge < -0.3 is 16.0 Å². The topological polar surface area (TPSA) is 91.6 Å². The van der Waals surface area contributed by atoms with E-state index in [-0.39, 0.29) is 10.7 Å². The minimum atomic E-state index is -3.59. The molecule has 21 heavy (non-hydrogen) atoms. The first kappa shape index (κ1) is 18.1. The van der Waals surface area contributed by atoms with E-state index >= 15 is 0 Å². The average Bonchev–Trinajstić information content (AvgIpc) is 2.79. The summed E-state index contributed by atoms with van der Waals surface area (Å²) in [7, 11) is 1.42. The predicted octanol–water partition coefficient (Wildman–Crippen LogP) is 1.12. The molecule has 1 atom stereocenters. The van der Waals surface area contributed by atoms with Crippen molar-refractivity contribution in [1.29, 1.82) is 0 Å². The maximum Gasteiger partial charge on any atom is 0.249 e. The summed E-state index contributed by atoms with van der Waals surface area (Å²) in [6.45, 7) is 5.75. The van der Waals surface area contributed by atoms with Crippen molar-refractivity contribution in [2.75, 3.05) is 45.3 Å². The van der Waals surface area contributed by atoms with Gasteiger partial charge in [0.2, 0.25) is 10.0 Å². The van der Waals surface area contributed by atoms with Gasteiger partial charge in [0.05, 0.1) is 0 Å². The number of hydrogen-bond donors (Lipinski definition) is 2. The maximum absolute atomic E-state index is 12.2. The molecule has 0 saturated heterocycles. The Hall–Kier alpha value is -0.900. The maximum atomic E-state index is 12.2. The van der Waals surface area contributed by atoms with Crippen LogP contribution in [0.1, 0.15) is 20.3 Å². The minimum absolute atomic E-state index is 0.0477. The van der Waals surface area contributed by atoms with Crippen LogP contribution in [0.15, 0.2) is 4.90 Å². The Morgan fingerprint density at radius 1 is 1.38 bits per heavy atom. The highest BCUT2D eigenvalue weighted by atomic mass is 32.2. The zero-order valence-corrected chi connectivity index (χ0v) is 14.9. The third kappa shape index (κ3) is 4.29. The predicted molar refractivity (Wildman–Crippen MR) is 88.3 cm³/mol. The van der Waals surface area contributed by atoms with E-state index in [0.717, 1.165) is 28.8 Å². The van der Waals surface area contributed by atoms with Gasteiger partial charge in [-0.1, -0.05) is 6.92 Å². The summed E-state index contributed by atoms with van der Waals surface area (Å²) in [5.74, 6) is 0.0477. The van der Waals surface area contributed by atoms with E-state index in [0.29, 0.717) is 17.6 Å². The lowest BCUT2D eigenvalue weighted by atomic mass is 10.2. The summed E-state index contributed by atoms with van der Waals surface area (Å²) in [5.41, 5.74) is 5.71. The van der Waals surface area contributed by atoms with Crippen molar-refractivity contribution < 1.29 is 8.42 Å². The average molecular weight is 335 g/mol. The van der Waals surface area contributed by atoms with Gasteiger partial charge in [0.1, 0.15) is 5.00 Å². The lowest BCUT2D eigenvalue weighted by molar-refractivity contribution is 0.261. The van der Waals surface area contributed by atoms with Crippen LogP contribution in [0.5, 0.6) is 0 Å². The van der Waals surface area contributed by atoms with Crippen molar-refractivity contribution in [3.63, 3.8) is 0 Å². The molecule has 0 amide bonds. The molecule has 0 saturated carbocycles. The van der Waals surface area contributed by atoms with Crippen LogP contribution in [-0.2, 0) is 10.0 Å². The van der Waals surface area contributed by atoms with Crippen molar-refractivity contribution >= 4 is 32.4 Å². The highest BCUT2D eigenvalue weighted by molar-refractivity contribution is 7.89. The van der Waals surface area contributed by atoms with Crippen molar-refractivity contribution in [2.24, 2.45) is 0 Å². The van der Waals surface area contributed by atoms with Crippen LogP contribution in [0.3, 0.4) is 0 Å². The first-order valence-corrected chi connectivity index (χ1v) is 9.04. The van der Waals surface area contributed by atoms with Crippen molar-refractivity contribution in [3.8, 4) is 0 Å². The van der Waals surface area contributed by atoms with Crippen LogP contribution < -0.4 is 11.1 Å². The van der Waals surface area contributed by atoms with Gasteiger partial charge in [-0.05, 0) is 31.9 Å². The number of rotatable bonds is 8. The largest absolute Gasteiger partial charge is 0.382 e. The molecule has 0 radical (unpaired) electrons. The van der Waals surface area contributed by atoms with Crippen LogP contribution in [0, 0.1) is 0 Å². The number of nitrogens with one attached hydrogen (secondary N) is 1. The Labute approximate surface area is 131 Å². The third-order valence-electron chi connectivity index (χ3n) is 3.51. The molecule has 9 heteroatoms. The summed E-state index contributed by atoms with van der Waals surface area (Å²) in [4.78, 5) is 2.29. The standard InChI is InChI=1S/C12H25N5O2S2/c1-6-9(2)17(5)8-7-14-12-10(11(13)15-20-12)21(18,19)16(3)4/h9,14H,6-8H2,1-5H3,(H2,13,15). The Morgan fingerprint density at radius 3 is 2.52 bits per heavy atom. The summed E-state index contributed by atoms with van der Waals surface area (Å²) in [6.07, 6.45) is 1.07. The lowest BCUT2D eigenvalue weighted by Crippen LogP contribution is -2.32.